The normalized spacial score (nSPS) is 18.0. The molecule has 7 nitrogen and oxygen atoms in total. The molecule has 3 amide bonds. The average molecular weight is 467 g/mol. The van der Waals surface area contributed by atoms with Gasteiger partial charge in [0.25, 0.3) is 0 Å². The number of carbonyl (C=O) groups excluding carboxylic acids is 3. The van der Waals surface area contributed by atoms with Crippen molar-refractivity contribution in [2.24, 2.45) is 5.92 Å². The molecule has 33 heavy (non-hydrogen) atoms. The van der Waals surface area contributed by atoms with E-state index in [0.29, 0.717) is 18.2 Å². The molecule has 1 saturated heterocycles. The number of piperidine rings is 1. The van der Waals surface area contributed by atoms with E-state index >= 15 is 0 Å². The van der Waals surface area contributed by atoms with Gasteiger partial charge >= 0.3 is 0 Å². The Morgan fingerprint density at radius 2 is 1.61 bits per heavy atom. The molecule has 0 aromatic rings. The zero-order chi connectivity index (χ0) is 25.7. The van der Waals surface area contributed by atoms with Gasteiger partial charge in [0.2, 0.25) is 17.7 Å². The van der Waals surface area contributed by atoms with Crippen LogP contribution in [-0.2, 0) is 14.4 Å². The minimum absolute atomic E-state index is 0.0330. The molecule has 0 aromatic carbocycles. The van der Waals surface area contributed by atoms with Crippen molar-refractivity contribution >= 4 is 17.7 Å². The number of carbonyl (C=O) groups is 3. The van der Waals surface area contributed by atoms with E-state index in [4.69, 9.17) is 0 Å². The van der Waals surface area contributed by atoms with Crippen molar-refractivity contribution in [3.05, 3.63) is 11.6 Å². The van der Waals surface area contributed by atoms with Crippen LogP contribution in [0.25, 0.3) is 0 Å². The standard InChI is InChI=1S/C23H42N4O3.C3H8/c1-15(2)20(25-22(29)19-11-9-10-13-27(19)17(5)6)23(30)26(8)14-12-18(7)21(28)24-16(3)4;1-3-2/h12,15-17,19-20H,9-11,13-14H2,1-8H3,(H,24,28)(H,25,29);3H2,1-2H3/b18-12+;. The molecule has 0 saturated carbocycles. The van der Waals surface area contributed by atoms with Gasteiger partial charge < -0.3 is 15.5 Å². The van der Waals surface area contributed by atoms with Crippen molar-refractivity contribution in [3.8, 4) is 0 Å². The Labute approximate surface area is 202 Å². The number of hydrogen-bond donors (Lipinski definition) is 2. The molecule has 0 spiro atoms. The predicted octanol–water partition coefficient (Wildman–Crippen LogP) is 3.74. The highest BCUT2D eigenvalue weighted by Crippen LogP contribution is 2.20. The van der Waals surface area contributed by atoms with Gasteiger partial charge in [-0.2, -0.15) is 0 Å². The van der Waals surface area contributed by atoms with Gasteiger partial charge in [0.15, 0.2) is 0 Å². The van der Waals surface area contributed by atoms with Gasteiger partial charge in [0.05, 0.1) is 6.04 Å². The molecule has 2 atom stereocenters. The SMILES string of the molecule is C/C(=C\CN(C)C(=O)C(NC(=O)C1CCCCN1C(C)C)C(C)C)C(=O)NC(C)C.CCC. The molecule has 1 rings (SSSR count). The second kappa shape index (κ2) is 15.9. The van der Waals surface area contributed by atoms with E-state index in [1.165, 1.54) is 6.42 Å². The quantitative estimate of drug-likeness (QED) is 0.507. The van der Waals surface area contributed by atoms with Gasteiger partial charge in [-0.3, -0.25) is 19.3 Å². The monoisotopic (exact) mass is 466 g/mol. The van der Waals surface area contributed by atoms with Crippen LogP contribution in [0.15, 0.2) is 11.6 Å². The average Bonchev–Trinajstić information content (AvgIpc) is 2.74. The van der Waals surface area contributed by atoms with E-state index < -0.39 is 6.04 Å². The lowest BCUT2D eigenvalue weighted by Crippen LogP contribution is -2.57. The maximum atomic E-state index is 13.0. The van der Waals surface area contributed by atoms with E-state index in [1.807, 2.05) is 27.7 Å². The van der Waals surface area contributed by atoms with Crippen molar-refractivity contribution in [2.75, 3.05) is 20.1 Å². The molecular weight excluding hydrogens is 416 g/mol. The molecule has 1 fully saturated rings. The number of hydrogen-bond acceptors (Lipinski definition) is 4. The van der Waals surface area contributed by atoms with Gasteiger partial charge in [0, 0.05) is 31.2 Å². The lowest BCUT2D eigenvalue weighted by atomic mass is 9.97. The molecule has 0 aliphatic carbocycles. The van der Waals surface area contributed by atoms with Crippen LogP contribution >= 0.6 is 0 Å². The van der Waals surface area contributed by atoms with E-state index in [-0.39, 0.29) is 35.7 Å². The zero-order valence-electron chi connectivity index (χ0n) is 22.8. The van der Waals surface area contributed by atoms with E-state index in [1.54, 1.807) is 24.9 Å². The highest BCUT2D eigenvalue weighted by atomic mass is 16.2. The first-order chi connectivity index (χ1) is 15.4. The molecule has 0 bridgehead atoms. The molecule has 2 unspecified atom stereocenters. The van der Waals surface area contributed by atoms with E-state index in [2.05, 4.69) is 43.2 Å². The van der Waals surface area contributed by atoms with Crippen LogP contribution in [0.5, 0.6) is 0 Å². The summed E-state index contributed by atoms with van der Waals surface area (Å²) >= 11 is 0. The van der Waals surface area contributed by atoms with E-state index in [9.17, 15) is 14.4 Å². The summed E-state index contributed by atoms with van der Waals surface area (Å²) in [4.78, 5) is 41.9. The fourth-order valence-electron chi connectivity index (χ4n) is 3.69. The Hall–Kier alpha value is -1.89. The third kappa shape index (κ3) is 11.2. The molecule has 0 radical (unpaired) electrons. The Morgan fingerprint density at radius 1 is 1.03 bits per heavy atom. The van der Waals surface area contributed by atoms with Crippen LogP contribution in [0.4, 0.5) is 0 Å². The van der Waals surface area contributed by atoms with Crippen molar-refractivity contribution in [1.29, 1.82) is 0 Å². The smallest absolute Gasteiger partial charge is 0.246 e. The highest BCUT2D eigenvalue weighted by molar-refractivity contribution is 5.93. The number of rotatable bonds is 9. The van der Waals surface area contributed by atoms with Crippen LogP contribution in [0.1, 0.15) is 88.0 Å². The number of nitrogens with one attached hydrogen (secondary N) is 2. The Morgan fingerprint density at radius 3 is 2.09 bits per heavy atom. The van der Waals surface area contributed by atoms with Crippen molar-refractivity contribution in [2.45, 2.75) is 112 Å². The molecule has 1 heterocycles. The first-order valence-electron chi connectivity index (χ1n) is 12.7. The molecule has 192 valence electrons. The summed E-state index contributed by atoms with van der Waals surface area (Å²) in [6.07, 6.45) is 5.96. The molecule has 0 aromatic heterocycles. The number of amides is 3. The third-order valence-corrected chi connectivity index (χ3v) is 5.57. The Kier molecular flexibility index (Phi) is 15.0. The van der Waals surface area contributed by atoms with Crippen molar-refractivity contribution < 1.29 is 14.4 Å². The fraction of sp³-hybridized carbons (Fsp3) is 0.808. The van der Waals surface area contributed by atoms with Gasteiger partial charge in [-0.05, 0) is 59.9 Å². The van der Waals surface area contributed by atoms with Gasteiger partial charge in [0.1, 0.15) is 6.04 Å². The number of nitrogens with zero attached hydrogens (tertiary/aromatic N) is 2. The number of likely N-dealkylation sites (N-methyl/N-ethyl adjacent to an activating group) is 1. The highest BCUT2D eigenvalue weighted by Gasteiger charge is 2.34. The second-order valence-electron chi connectivity index (χ2n) is 10.0. The molecule has 1 aliphatic rings. The summed E-state index contributed by atoms with van der Waals surface area (Å²) in [5.41, 5.74) is 0.572. The van der Waals surface area contributed by atoms with Gasteiger partial charge in [-0.15, -0.1) is 0 Å². The topological polar surface area (TPSA) is 81.8 Å². The molecular formula is C26H50N4O3. The van der Waals surface area contributed by atoms with Gasteiger partial charge in [-0.25, -0.2) is 0 Å². The van der Waals surface area contributed by atoms with Crippen molar-refractivity contribution in [3.63, 3.8) is 0 Å². The Balaban J connectivity index is 0.00000322. The van der Waals surface area contributed by atoms with Crippen LogP contribution in [0, 0.1) is 5.92 Å². The zero-order valence-corrected chi connectivity index (χ0v) is 22.8. The summed E-state index contributed by atoms with van der Waals surface area (Å²) in [7, 11) is 1.70. The number of likely N-dealkylation sites (tertiary alicyclic amines) is 1. The minimum Gasteiger partial charge on any atom is -0.350 e. The lowest BCUT2D eigenvalue weighted by molar-refractivity contribution is -0.138. The van der Waals surface area contributed by atoms with E-state index in [0.717, 1.165) is 25.8 Å². The summed E-state index contributed by atoms with van der Waals surface area (Å²) in [6, 6.07) is -0.412. The predicted molar refractivity (Wildman–Crippen MR) is 137 cm³/mol. The second-order valence-corrected chi connectivity index (χ2v) is 10.0. The summed E-state index contributed by atoms with van der Waals surface area (Å²) in [5.74, 6) is -0.370. The maximum Gasteiger partial charge on any atom is 0.246 e. The van der Waals surface area contributed by atoms with Crippen LogP contribution in [0.3, 0.4) is 0 Å². The molecule has 1 aliphatic heterocycles. The Bertz CT molecular complexity index is 643. The largest absolute Gasteiger partial charge is 0.350 e. The third-order valence-electron chi connectivity index (χ3n) is 5.57. The maximum absolute atomic E-state index is 13.0. The lowest BCUT2D eigenvalue weighted by Gasteiger charge is -2.38. The van der Waals surface area contributed by atoms with Gasteiger partial charge in [-0.1, -0.05) is 46.6 Å². The van der Waals surface area contributed by atoms with Crippen molar-refractivity contribution in [1.82, 2.24) is 20.4 Å². The molecule has 2 N–H and O–H groups in total. The summed E-state index contributed by atoms with van der Waals surface area (Å²) in [5, 5.41) is 5.86. The fourth-order valence-corrected chi connectivity index (χ4v) is 3.69. The summed E-state index contributed by atoms with van der Waals surface area (Å²) in [6.45, 7) is 19.1. The van der Waals surface area contributed by atoms with Crippen LogP contribution in [-0.4, -0.2) is 71.8 Å². The first kappa shape index (κ1) is 31.1. The van der Waals surface area contributed by atoms with Crippen LogP contribution < -0.4 is 10.6 Å². The van der Waals surface area contributed by atoms with Crippen LogP contribution in [0.2, 0.25) is 0 Å². The first-order valence-corrected chi connectivity index (χ1v) is 12.7. The summed E-state index contributed by atoms with van der Waals surface area (Å²) < 4.78 is 0. The molecule has 7 heteroatoms. The minimum atomic E-state index is -0.586.